The molecule has 0 bridgehead atoms. The van der Waals surface area contributed by atoms with Crippen LogP contribution in [0.25, 0.3) is 0 Å². The van der Waals surface area contributed by atoms with Crippen molar-refractivity contribution in [3.63, 3.8) is 0 Å². The zero-order valence-electron chi connectivity index (χ0n) is 14.3. The molecule has 0 fully saturated rings. The van der Waals surface area contributed by atoms with Crippen molar-refractivity contribution in [2.24, 2.45) is 0 Å². The Bertz CT molecular complexity index is 962. The van der Waals surface area contributed by atoms with Crippen molar-refractivity contribution in [3.8, 4) is 5.75 Å². The van der Waals surface area contributed by atoms with E-state index in [2.05, 4.69) is 5.32 Å². The van der Waals surface area contributed by atoms with Crippen LogP contribution in [-0.2, 0) is 13.2 Å². The summed E-state index contributed by atoms with van der Waals surface area (Å²) in [6.45, 7) is 0.464. The van der Waals surface area contributed by atoms with E-state index >= 15 is 0 Å². The number of aromatic carboxylic acids is 1. The molecule has 3 aromatic carbocycles. The molecule has 0 unspecified atom stereocenters. The molecule has 0 aromatic heterocycles. The zero-order chi connectivity index (χ0) is 19.2. The molecule has 0 amide bonds. The van der Waals surface area contributed by atoms with Crippen molar-refractivity contribution in [1.82, 2.24) is 0 Å². The summed E-state index contributed by atoms with van der Waals surface area (Å²) in [7, 11) is 0. The first kappa shape index (κ1) is 18.7. The fourth-order valence-electron chi connectivity index (χ4n) is 2.56. The van der Waals surface area contributed by atoms with E-state index in [9.17, 15) is 9.18 Å². The third kappa shape index (κ3) is 4.99. The van der Waals surface area contributed by atoms with Crippen LogP contribution in [0.3, 0.4) is 0 Å². The van der Waals surface area contributed by atoms with Gasteiger partial charge in [0.2, 0.25) is 0 Å². The summed E-state index contributed by atoms with van der Waals surface area (Å²) < 4.78 is 19.5. The highest BCUT2D eigenvalue weighted by Crippen LogP contribution is 2.25. The van der Waals surface area contributed by atoms with E-state index in [1.165, 1.54) is 12.1 Å². The predicted octanol–water partition coefficient (Wildman–Crippen LogP) is 5.37. The summed E-state index contributed by atoms with van der Waals surface area (Å²) in [5, 5.41) is 12.8. The fraction of sp³-hybridized carbons (Fsp3) is 0.0952. The minimum atomic E-state index is -0.990. The van der Waals surface area contributed by atoms with Crippen LogP contribution in [0.15, 0.2) is 66.7 Å². The SMILES string of the molecule is O=C(O)c1cccc(NCc2cc(Cl)ccc2OCc2ccccc2F)c1. The van der Waals surface area contributed by atoms with Crippen LogP contribution >= 0.6 is 11.6 Å². The first-order valence-electron chi connectivity index (χ1n) is 8.25. The number of halogens is 2. The summed E-state index contributed by atoms with van der Waals surface area (Å²) in [6.07, 6.45) is 0. The van der Waals surface area contributed by atoms with Crippen molar-refractivity contribution in [3.05, 3.63) is 94.3 Å². The lowest BCUT2D eigenvalue weighted by molar-refractivity contribution is 0.0697. The van der Waals surface area contributed by atoms with E-state index < -0.39 is 5.97 Å². The molecule has 27 heavy (non-hydrogen) atoms. The second-order valence-electron chi connectivity index (χ2n) is 5.87. The molecular formula is C21H17ClFNO3. The van der Waals surface area contributed by atoms with Gasteiger partial charge in [-0.05, 0) is 42.5 Å². The average Bonchev–Trinajstić information content (AvgIpc) is 2.67. The third-order valence-corrected chi connectivity index (χ3v) is 4.19. The number of hydrogen-bond donors (Lipinski definition) is 2. The first-order valence-corrected chi connectivity index (χ1v) is 8.62. The first-order chi connectivity index (χ1) is 13.0. The second-order valence-corrected chi connectivity index (χ2v) is 6.31. The van der Waals surface area contributed by atoms with Gasteiger partial charge in [0, 0.05) is 28.4 Å². The van der Waals surface area contributed by atoms with E-state index in [-0.39, 0.29) is 18.0 Å². The summed E-state index contributed by atoms with van der Waals surface area (Å²) in [4.78, 5) is 11.1. The van der Waals surface area contributed by atoms with Crippen molar-refractivity contribution in [2.45, 2.75) is 13.2 Å². The maximum Gasteiger partial charge on any atom is 0.335 e. The summed E-state index contributed by atoms with van der Waals surface area (Å²) >= 11 is 6.09. The van der Waals surface area contributed by atoms with Crippen molar-refractivity contribution in [1.29, 1.82) is 0 Å². The highest BCUT2D eigenvalue weighted by atomic mass is 35.5. The Morgan fingerprint density at radius 2 is 1.85 bits per heavy atom. The van der Waals surface area contributed by atoms with E-state index in [1.807, 2.05) is 0 Å². The number of carbonyl (C=O) groups is 1. The third-order valence-electron chi connectivity index (χ3n) is 3.96. The van der Waals surface area contributed by atoms with Crippen LogP contribution in [0.4, 0.5) is 10.1 Å². The van der Waals surface area contributed by atoms with Crippen molar-refractivity contribution in [2.75, 3.05) is 5.32 Å². The molecular weight excluding hydrogens is 369 g/mol. The number of anilines is 1. The molecule has 3 rings (SSSR count). The average molecular weight is 386 g/mol. The van der Waals surface area contributed by atoms with Gasteiger partial charge in [-0.1, -0.05) is 35.9 Å². The number of ether oxygens (including phenoxy) is 1. The second kappa shape index (κ2) is 8.56. The molecule has 6 heteroatoms. The van der Waals surface area contributed by atoms with Gasteiger partial charge in [0.05, 0.1) is 5.56 Å². The molecule has 138 valence electrons. The number of benzene rings is 3. The summed E-state index contributed by atoms with van der Waals surface area (Å²) in [5.41, 5.74) is 2.09. The Morgan fingerprint density at radius 1 is 1.04 bits per heavy atom. The zero-order valence-corrected chi connectivity index (χ0v) is 15.0. The molecule has 4 nitrogen and oxygen atoms in total. The Hall–Kier alpha value is -3.05. The van der Waals surface area contributed by atoms with Crippen LogP contribution in [0.1, 0.15) is 21.5 Å². The molecule has 0 heterocycles. The highest BCUT2D eigenvalue weighted by Gasteiger charge is 2.09. The Labute approximate surface area is 161 Å². The van der Waals surface area contributed by atoms with Crippen molar-refractivity contribution >= 4 is 23.3 Å². The van der Waals surface area contributed by atoms with E-state index in [1.54, 1.807) is 54.6 Å². The van der Waals surface area contributed by atoms with Gasteiger partial charge in [0.15, 0.2) is 0 Å². The number of hydrogen-bond acceptors (Lipinski definition) is 3. The minimum Gasteiger partial charge on any atom is -0.488 e. The maximum absolute atomic E-state index is 13.8. The normalized spacial score (nSPS) is 10.4. The smallest absolute Gasteiger partial charge is 0.335 e. The van der Waals surface area contributed by atoms with E-state index in [0.717, 1.165) is 5.56 Å². The summed E-state index contributed by atoms with van der Waals surface area (Å²) in [5.74, 6) is -0.739. The molecule has 0 aliphatic carbocycles. The summed E-state index contributed by atoms with van der Waals surface area (Å²) in [6, 6.07) is 18.1. The molecule has 0 aliphatic rings. The lowest BCUT2D eigenvalue weighted by atomic mass is 10.1. The molecule has 3 aromatic rings. The highest BCUT2D eigenvalue weighted by molar-refractivity contribution is 6.30. The topological polar surface area (TPSA) is 58.6 Å². The molecule has 0 radical (unpaired) electrons. The minimum absolute atomic E-state index is 0.0931. The number of rotatable bonds is 7. The van der Waals surface area contributed by atoms with Crippen LogP contribution < -0.4 is 10.1 Å². The number of carboxylic acid groups (broad SMARTS) is 1. The van der Waals surface area contributed by atoms with E-state index in [4.69, 9.17) is 21.4 Å². The molecule has 0 atom stereocenters. The predicted molar refractivity (Wildman–Crippen MR) is 103 cm³/mol. The molecule has 0 spiro atoms. The lowest BCUT2D eigenvalue weighted by Gasteiger charge is -2.14. The van der Waals surface area contributed by atoms with Crippen molar-refractivity contribution < 1.29 is 19.0 Å². The van der Waals surface area contributed by atoms with Crippen LogP contribution in [0, 0.1) is 5.82 Å². The van der Waals surface area contributed by atoms with Gasteiger partial charge in [-0.15, -0.1) is 0 Å². The van der Waals surface area contributed by atoms with Gasteiger partial charge in [0.1, 0.15) is 18.2 Å². The molecule has 0 saturated carbocycles. The Morgan fingerprint density at radius 3 is 2.63 bits per heavy atom. The Kier molecular flexibility index (Phi) is 5.94. The van der Waals surface area contributed by atoms with Gasteiger partial charge in [-0.3, -0.25) is 0 Å². The monoisotopic (exact) mass is 385 g/mol. The van der Waals surface area contributed by atoms with Crippen LogP contribution in [0.2, 0.25) is 5.02 Å². The molecule has 0 saturated heterocycles. The van der Waals surface area contributed by atoms with E-state index in [0.29, 0.717) is 28.6 Å². The van der Waals surface area contributed by atoms with Gasteiger partial charge in [-0.25, -0.2) is 9.18 Å². The quantitative estimate of drug-likeness (QED) is 0.574. The van der Waals surface area contributed by atoms with Gasteiger partial charge in [0.25, 0.3) is 0 Å². The number of nitrogens with one attached hydrogen (secondary N) is 1. The van der Waals surface area contributed by atoms with Gasteiger partial charge < -0.3 is 15.2 Å². The van der Waals surface area contributed by atoms with Gasteiger partial charge >= 0.3 is 5.97 Å². The van der Waals surface area contributed by atoms with Gasteiger partial charge in [-0.2, -0.15) is 0 Å². The van der Waals surface area contributed by atoms with Crippen LogP contribution in [-0.4, -0.2) is 11.1 Å². The lowest BCUT2D eigenvalue weighted by Crippen LogP contribution is -2.05. The molecule has 2 N–H and O–H groups in total. The standard InChI is InChI=1S/C21H17ClFNO3/c22-17-8-9-20(27-13-15-4-1-2-7-19(15)23)16(10-17)12-24-18-6-3-5-14(11-18)21(25)26/h1-11,24H,12-13H2,(H,25,26). The largest absolute Gasteiger partial charge is 0.488 e. The Balaban J connectivity index is 1.73. The number of carboxylic acids is 1. The fourth-order valence-corrected chi connectivity index (χ4v) is 2.75. The maximum atomic E-state index is 13.8. The molecule has 0 aliphatic heterocycles. The van der Waals surface area contributed by atoms with Crippen LogP contribution in [0.5, 0.6) is 5.75 Å².